The number of carbonyl (C=O) groups excluding carboxylic acids is 1. The van der Waals surface area contributed by atoms with Crippen LogP contribution >= 0.6 is 11.3 Å². The van der Waals surface area contributed by atoms with E-state index in [2.05, 4.69) is 18.7 Å². The second-order valence-electron chi connectivity index (χ2n) is 7.34. The van der Waals surface area contributed by atoms with E-state index in [0.717, 1.165) is 35.3 Å². The Bertz CT molecular complexity index is 1170. The van der Waals surface area contributed by atoms with Gasteiger partial charge in [-0.25, -0.2) is 13.4 Å². The highest BCUT2D eigenvalue weighted by Gasteiger charge is 2.22. The number of anilines is 1. The first-order valence-electron chi connectivity index (χ1n) is 10.6. The van der Waals surface area contributed by atoms with Crippen LogP contribution < -0.4 is 9.64 Å². The van der Waals surface area contributed by atoms with Crippen molar-refractivity contribution in [3.8, 4) is 5.75 Å². The van der Waals surface area contributed by atoms with Gasteiger partial charge in [0.1, 0.15) is 5.75 Å². The van der Waals surface area contributed by atoms with E-state index >= 15 is 0 Å². The lowest BCUT2D eigenvalue weighted by atomic mass is 10.2. The van der Waals surface area contributed by atoms with Gasteiger partial charge in [-0.15, -0.1) is 0 Å². The highest BCUT2D eigenvalue weighted by atomic mass is 32.2. The lowest BCUT2D eigenvalue weighted by Crippen LogP contribution is -2.38. The van der Waals surface area contributed by atoms with Crippen molar-refractivity contribution in [1.29, 1.82) is 0 Å². The van der Waals surface area contributed by atoms with Crippen molar-refractivity contribution in [1.82, 2.24) is 9.88 Å². The normalized spacial score (nSPS) is 11.8. The van der Waals surface area contributed by atoms with Crippen LogP contribution in [0.4, 0.5) is 5.13 Å². The van der Waals surface area contributed by atoms with Gasteiger partial charge in [0.2, 0.25) is 0 Å². The molecule has 1 aromatic heterocycles. The Kier molecular flexibility index (Phi) is 7.86. The third kappa shape index (κ3) is 5.65. The molecule has 0 spiro atoms. The van der Waals surface area contributed by atoms with Crippen molar-refractivity contribution < 1.29 is 17.9 Å². The Labute approximate surface area is 193 Å². The number of thiazole rings is 1. The zero-order valence-corrected chi connectivity index (χ0v) is 20.5. The second-order valence-corrected chi connectivity index (χ2v) is 10.4. The lowest BCUT2D eigenvalue weighted by molar-refractivity contribution is 0.0983. The molecule has 0 atom stereocenters. The molecular weight excluding hydrogens is 446 g/mol. The highest BCUT2D eigenvalue weighted by molar-refractivity contribution is 7.90. The van der Waals surface area contributed by atoms with Crippen LogP contribution in [0.1, 0.15) is 31.1 Å². The Morgan fingerprint density at radius 1 is 1.03 bits per heavy atom. The van der Waals surface area contributed by atoms with E-state index in [0.29, 0.717) is 30.4 Å². The fraction of sp³-hybridized carbons (Fsp3) is 0.391. The van der Waals surface area contributed by atoms with Gasteiger partial charge in [-0.1, -0.05) is 25.2 Å². The molecule has 0 radical (unpaired) electrons. The minimum atomic E-state index is -3.33. The summed E-state index contributed by atoms with van der Waals surface area (Å²) < 4.78 is 30.1. The number of hydrogen-bond donors (Lipinski definition) is 0. The minimum absolute atomic E-state index is 0.187. The number of carbonyl (C=O) groups is 1. The van der Waals surface area contributed by atoms with Crippen molar-refractivity contribution in [2.24, 2.45) is 0 Å². The molecule has 2 aromatic carbocycles. The molecule has 1 heterocycles. The summed E-state index contributed by atoms with van der Waals surface area (Å²) in [6.07, 6.45) is 1.15. The summed E-state index contributed by atoms with van der Waals surface area (Å²) >= 11 is 1.44. The zero-order chi connectivity index (χ0) is 23.3. The molecule has 0 N–H and O–H groups in total. The monoisotopic (exact) mass is 475 g/mol. The third-order valence-electron chi connectivity index (χ3n) is 5.20. The molecule has 0 aliphatic carbocycles. The van der Waals surface area contributed by atoms with Gasteiger partial charge in [-0.2, -0.15) is 0 Å². The number of rotatable bonds is 10. The van der Waals surface area contributed by atoms with Crippen molar-refractivity contribution >= 4 is 42.4 Å². The van der Waals surface area contributed by atoms with E-state index < -0.39 is 9.84 Å². The van der Waals surface area contributed by atoms with Crippen molar-refractivity contribution in [2.45, 2.75) is 25.7 Å². The number of amides is 1. The molecule has 0 unspecified atom stereocenters. The molecule has 9 heteroatoms. The van der Waals surface area contributed by atoms with E-state index in [1.165, 1.54) is 23.5 Å². The molecule has 7 nitrogen and oxygen atoms in total. The van der Waals surface area contributed by atoms with Gasteiger partial charge in [-0.05, 0) is 62.5 Å². The average Bonchev–Trinajstić information content (AvgIpc) is 3.19. The van der Waals surface area contributed by atoms with Gasteiger partial charge >= 0.3 is 0 Å². The van der Waals surface area contributed by atoms with Crippen molar-refractivity contribution in [3.63, 3.8) is 0 Å². The number of benzene rings is 2. The maximum Gasteiger partial charge on any atom is 0.260 e. The first kappa shape index (κ1) is 24.2. The van der Waals surface area contributed by atoms with Crippen LogP contribution in [0.25, 0.3) is 10.2 Å². The van der Waals surface area contributed by atoms with Crippen LogP contribution in [0.15, 0.2) is 47.4 Å². The molecule has 32 heavy (non-hydrogen) atoms. The number of ether oxygens (including phenoxy) is 1. The molecule has 172 valence electrons. The molecule has 1 amide bonds. The standard InChI is InChI=1S/C23H29N3O4S2/c1-5-25(6-2)14-15-26(22(27)17-8-11-19(12-9-17)32(4,28)29)23-24-20-13-10-18(30-7-3)16-21(20)31-23/h8-13,16H,5-7,14-15H2,1-4H3. The largest absolute Gasteiger partial charge is 0.494 e. The van der Waals surface area contributed by atoms with E-state index in [9.17, 15) is 13.2 Å². The van der Waals surface area contributed by atoms with Crippen LogP contribution in [0.3, 0.4) is 0 Å². The molecule has 0 aliphatic heterocycles. The van der Waals surface area contributed by atoms with E-state index in [-0.39, 0.29) is 10.8 Å². The molecule has 0 aliphatic rings. The summed E-state index contributed by atoms with van der Waals surface area (Å²) in [4.78, 5) is 22.3. The number of hydrogen-bond acceptors (Lipinski definition) is 7. The van der Waals surface area contributed by atoms with E-state index in [1.54, 1.807) is 17.0 Å². The first-order valence-corrected chi connectivity index (χ1v) is 13.3. The molecule has 0 saturated heterocycles. The van der Waals surface area contributed by atoms with Crippen molar-refractivity contribution in [2.75, 3.05) is 43.9 Å². The summed E-state index contributed by atoms with van der Waals surface area (Å²) in [6, 6.07) is 11.8. The smallest absolute Gasteiger partial charge is 0.260 e. The van der Waals surface area contributed by atoms with E-state index in [1.807, 2.05) is 25.1 Å². The maximum atomic E-state index is 13.4. The number of sulfone groups is 1. The van der Waals surface area contributed by atoms with Crippen molar-refractivity contribution in [3.05, 3.63) is 48.0 Å². The fourth-order valence-corrected chi connectivity index (χ4v) is 4.98. The predicted molar refractivity (Wildman–Crippen MR) is 130 cm³/mol. The van der Waals surface area contributed by atoms with Crippen LogP contribution in [0.2, 0.25) is 0 Å². The molecular formula is C23H29N3O4S2. The Balaban J connectivity index is 1.95. The quantitative estimate of drug-likeness (QED) is 0.439. The molecule has 0 fully saturated rings. The number of aromatic nitrogens is 1. The first-order chi connectivity index (χ1) is 15.3. The molecule has 3 aromatic rings. The molecule has 0 saturated carbocycles. The third-order valence-corrected chi connectivity index (χ3v) is 7.37. The van der Waals surface area contributed by atoms with Crippen LogP contribution in [0.5, 0.6) is 5.75 Å². The Hall–Kier alpha value is -2.49. The maximum absolute atomic E-state index is 13.4. The molecule has 3 rings (SSSR count). The number of likely N-dealkylation sites (N-methyl/N-ethyl adjacent to an activating group) is 1. The van der Waals surface area contributed by atoms with Crippen LogP contribution in [0, 0.1) is 0 Å². The fourth-order valence-electron chi connectivity index (χ4n) is 3.33. The second kappa shape index (κ2) is 10.4. The highest BCUT2D eigenvalue weighted by Crippen LogP contribution is 2.32. The van der Waals surface area contributed by atoms with Gasteiger partial charge in [0, 0.05) is 24.9 Å². The summed E-state index contributed by atoms with van der Waals surface area (Å²) in [6.45, 7) is 9.66. The minimum Gasteiger partial charge on any atom is -0.494 e. The van der Waals surface area contributed by atoms with Gasteiger partial charge < -0.3 is 9.64 Å². The van der Waals surface area contributed by atoms with Crippen LogP contribution in [-0.4, -0.2) is 63.3 Å². The summed E-state index contributed by atoms with van der Waals surface area (Å²) in [5, 5.41) is 0.609. The summed E-state index contributed by atoms with van der Waals surface area (Å²) in [5.41, 5.74) is 1.23. The lowest BCUT2D eigenvalue weighted by Gasteiger charge is -2.24. The average molecular weight is 476 g/mol. The van der Waals surface area contributed by atoms with Gasteiger partial charge in [-0.3, -0.25) is 9.69 Å². The predicted octanol–water partition coefficient (Wildman–Crippen LogP) is 4.09. The topological polar surface area (TPSA) is 79.8 Å². The van der Waals surface area contributed by atoms with Gasteiger partial charge in [0.25, 0.3) is 5.91 Å². The number of fused-ring (bicyclic) bond motifs is 1. The molecule has 0 bridgehead atoms. The Morgan fingerprint density at radius 2 is 1.72 bits per heavy atom. The van der Waals surface area contributed by atoms with Crippen LogP contribution in [-0.2, 0) is 9.84 Å². The summed E-state index contributed by atoms with van der Waals surface area (Å²) in [5.74, 6) is 0.564. The summed E-state index contributed by atoms with van der Waals surface area (Å²) in [7, 11) is -3.33. The van der Waals surface area contributed by atoms with E-state index in [4.69, 9.17) is 9.72 Å². The van der Waals surface area contributed by atoms with Gasteiger partial charge in [0.05, 0.1) is 21.7 Å². The van der Waals surface area contributed by atoms with Gasteiger partial charge in [0.15, 0.2) is 15.0 Å². The SMILES string of the molecule is CCOc1ccc2nc(N(CCN(CC)CC)C(=O)c3ccc(S(C)(=O)=O)cc3)sc2c1. The Morgan fingerprint density at radius 3 is 2.31 bits per heavy atom. The number of nitrogens with zero attached hydrogens (tertiary/aromatic N) is 3. The zero-order valence-electron chi connectivity index (χ0n) is 18.9.